The first-order valence-corrected chi connectivity index (χ1v) is 8.87. The molecule has 0 saturated carbocycles. The van der Waals surface area contributed by atoms with Crippen LogP contribution in [0, 0.1) is 0 Å². The minimum Gasteiger partial charge on any atom is -0.481 e. The fourth-order valence-corrected chi connectivity index (χ4v) is 2.58. The van der Waals surface area contributed by atoms with E-state index in [1.807, 2.05) is 6.92 Å². The lowest BCUT2D eigenvalue weighted by atomic mass is 9.86. The summed E-state index contributed by atoms with van der Waals surface area (Å²) in [6.07, 6.45) is -0.586. The Labute approximate surface area is 155 Å². The molecule has 0 saturated heterocycles. The number of ether oxygens (including phenoxy) is 1. The minimum atomic E-state index is -0.586. The number of hydrogen-bond donors (Lipinski definition) is 1. The monoisotopic (exact) mass is 359 g/mol. The van der Waals surface area contributed by atoms with Crippen molar-refractivity contribution in [1.29, 1.82) is 0 Å². The van der Waals surface area contributed by atoms with Crippen LogP contribution in [-0.2, 0) is 10.2 Å². The molecule has 25 heavy (non-hydrogen) atoms. The van der Waals surface area contributed by atoms with Crippen molar-refractivity contribution in [3.05, 3.63) is 64.7 Å². The maximum Gasteiger partial charge on any atom is 0.261 e. The van der Waals surface area contributed by atoms with Crippen LogP contribution >= 0.6 is 11.6 Å². The number of amides is 1. The standard InChI is InChI=1S/C21H26ClNO2/c1-14(16-6-8-17(9-7-16)21(3,4)5)23-20(24)15(2)25-19-12-10-18(22)11-13-19/h6-15H,1-5H3,(H,23,24). The smallest absolute Gasteiger partial charge is 0.261 e. The van der Waals surface area contributed by atoms with E-state index in [1.165, 1.54) is 5.56 Å². The number of halogens is 1. The Bertz CT molecular complexity index is 702. The Morgan fingerprint density at radius 2 is 1.56 bits per heavy atom. The van der Waals surface area contributed by atoms with Crippen LogP contribution in [-0.4, -0.2) is 12.0 Å². The van der Waals surface area contributed by atoms with Crippen LogP contribution in [0.3, 0.4) is 0 Å². The normalized spacial score (nSPS) is 13.8. The van der Waals surface area contributed by atoms with Gasteiger partial charge in [0.15, 0.2) is 6.10 Å². The molecule has 2 unspecified atom stereocenters. The molecule has 134 valence electrons. The third kappa shape index (κ3) is 5.50. The lowest BCUT2D eigenvalue weighted by Gasteiger charge is -2.22. The molecule has 3 nitrogen and oxygen atoms in total. The minimum absolute atomic E-state index is 0.0854. The molecule has 0 bridgehead atoms. The lowest BCUT2D eigenvalue weighted by molar-refractivity contribution is -0.127. The van der Waals surface area contributed by atoms with E-state index >= 15 is 0 Å². The number of nitrogens with one attached hydrogen (secondary N) is 1. The lowest BCUT2D eigenvalue weighted by Crippen LogP contribution is -2.37. The second-order valence-corrected chi connectivity index (χ2v) is 7.75. The van der Waals surface area contributed by atoms with Crippen molar-refractivity contribution in [3.8, 4) is 5.75 Å². The van der Waals surface area contributed by atoms with Gasteiger partial charge in [-0.1, -0.05) is 56.6 Å². The van der Waals surface area contributed by atoms with Gasteiger partial charge in [0.1, 0.15) is 5.75 Å². The van der Waals surface area contributed by atoms with Gasteiger partial charge in [-0.3, -0.25) is 4.79 Å². The van der Waals surface area contributed by atoms with Crippen LogP contribution in [0.4, 0.5) is 0 Å². The highest BCUT2D eigenvalue weighted by Crippen LogP contribution is 2.24. The molecule has 0 aliphatic heterocycles. The Morgan fingerprint density at radius 3 is 2.08 bits per heavy atom. The maximum absolute atomic E-state index is 12.4. The first kappa shape index (κ1) is 19.3. The predicted molar refractivity (Wildman–Crippen MR) is 103 cm³/mol. The zero-order valence-corrected chi connectivity index (χ0v) is 16.2. The largest absolute Gasteiger partial charge is 0.481 e. The second-order valence-electron chi connectivity index (χ2n) is 7.32. The van der Waals surface area contributed by atoms with Crippen LogP contribution in [0.5, 0.6) is 5.75 Å². The Balaban J connectivity index is 1.95. The van der Waals surface area contributed by atoms with Crippen LogP contribution in [0.25, 0.3) is 0 Å². The average Bonchev–Trinajstić information content (AvgIpc) is 2.56. The van der Waals surface area contributed by atoms with Gasteiger partial charge in [0, 0.05) is 5.02 Å². The molecule has 0 fully saturated rings. The van der Waals surface area contributed by atoms with E-state index < -0.39 is 6.10 Å². The molecular formula is C21H26ClNO2. The van der Waals surface area contributed by atoms with Gasteiger partial charge in [-0.25, -0.2) is 0 Å². The van der Waals surface area contributed by atoms with E-state index in [-0.39, 0.29) is 17.4 Å². The fraction of sp³-hybridized carbons (Fsp3) is 0.381. The molecule has 0 radical (unpaired) electrons. The van der Waals surface area contributed by atoms with Gasteiger partial charge in [0.25, 0.3) is 5.91 Å². The van der Waals surface area contributed by atoms with E-state index in [0.717, 1.165) is 5.56 Å². The van der Waals surface area contributed by atoms with Crippen molar-refractivity contribution in [3.63, 3.8) is 0 Å². The van der Waals surface area contributed by atoms with Crippen LogP contribution in [0.2, 0.25) is 5.02 Å². The fourth-order valence-electron chi connectivity index (χ4n) is 2.46. The van der Waals surface area contributed by atoms with Gasteiger partial charge in [-0.2, -0.15) is 0 Å². The maximum atomic E-state index is 12.4. The van der Waals surface area contributed by atoms with Crippen LogP contribution in [0.15, 0.2) is 48.5 Å². The summed E-state index contributed by atoms with van der Waals surface area (Å²) in [5, 5.41) is 3.63. The Kier molecular flexibility index (Phi) is 6.12. The topological polar surface area (TPSA) is 38.3 Å². The van der Waals surface area contributed by atoms with Crippen molar-refractivity contribution in [1.82, 2.24) is 5.32 Å². The van der Waals surface area contributed by atoms with Crippen LogP contribution in [0.1, 0.15) is 51.8 Å². The quantitative estimate of drug-likeness (QED) is 0.788. The highest BCUT2D eigenvalue weighted by Gasteiger charge is 2.19. The molecule has 0 aliphatic carbocycles. The van der Waals surface area contributed by atoms with Gasteiger partial charge in [0.2, 0.25) is 0 Å². The van der Waals surface area contributed by atoms with Gasteiger partial charge >= 0.3 is 0 Å². The Hall–Kier alpha value is -2.00. The van der Waals surface area contributed by atoms with Gasteiger partial charge in [-0.05, 0) is 54.7 Å². The van der Waals surface area contributed by atoms with Crippen molar-refractivity contribution in [2.24, 2.45) is 0 Å². The van der Waals surface area contributed by atoms with E-state index in [1.54, 1.807) is 31.2 Å². The summed E-state index contributed by atoms with van der Waals surface area (Å²) in [6.45, 7) is 10.3. The zero-order chi connectivity index (χ0) is 18.6. The molecule has 1 amide bonds. The van der Waals surface area contributed by atoms with Crippen molar-refractivity contribution in [2.75, 3.05) is 0 Å². The second kappa shape index (κ2) is 7.92. The number of carbonyl (C=O) groups excluding carboxylic acids is 1. The number of hydrogen-bond acceptors (Lipinski definition) is 2. The molecule has 4 heteroatoms. The summed E-state index contributed by atoms with van der Waals surface area (Å²) in [5.74, 6) is 0.469. The van der Waals surface area contributed by atoms with E-state index in [0.29, 0.717) is 10.8 Å². The van der Waals surface area contributed by atoms with E-state index in [2.05, 4.69) is 50.4 Å². The van der Waals surface area contributed by atoms with Crippen molar-refractivity contribution < 1.29 is 9.53 Å². The molecule has 0 heterocycles. The Morgan fingerprint density at radius 1 is 1.00 bits per heavy atom. The first-order chi connectivity index (χ1) is 11.7. The zero-order valence-electron chi connectivity index (χ0n) is 15.5. The molecule has 2 aromatic carbocycles. The number of benzene rings is 2. The molecule has 2 atom stereocenters. The van der Waals surface area contributed by atoms with Gasteiger partial charge < -0.3 is 10.1 Å². The third-order valence-electron chi connectivity index (χ3n) is 4.13. The van der Waals surface area contributed by atoms with Gasteiger partial charge in [-0.15, -0.1) is 0 Å². The SMILES string of the molecule is CC(Oc1ccc(Cl)cc1)C(=O)NC(C)c1ccc(C(C)(C)C)cc1. The van der Waals surface area contributed by atoms with Gasteiger partial charge in [0.05, 0.1) is 6.04 Å². The third-order valence-corrected chi connectivity index (χ3v) is 4.38. The molecule has 0 aliphatic rings. The van der Waals surface area contributed by atoms with Crippen molar-refractivity contribution >= 4 is 17.5 Å². The molecule has 0 spiro atoms. The molecular weight excluding hydrogens is 334 g/mol. The molecule has 2 aromatic rings. The highest BCUT2D eigenvalue weighted by atomic mass is 35.5. The summed E-state index contributed by atoms with van der Waals surface area (Å²) in [7, 11) is 0. The summed E-state index contributed by atoms with van der Waals surface area (Å²) in [4.78, 5) is 12.4. The summed E-state index contributed by atoms with van der Waals surface area (Å²) in [5.41, 5.74) is 2.46. The predicted octanol–water partition coefficient (Wildman–Crippen LogP) is 5.28. The first-order valence-electron chi connectivity index (χ1n) is 8.50. The van der Waals surface area contributed by atoms with E-state index in [9.17, 15) is 4.79 Å². The number of rotatable bonds is 5. The van der Waals surface area contributed by atoms with Crippen LogP contribution < -0.4 is 10.1 Å². The average molecular weight is 360 g/mol. The van der Waals surface area contributed by atoms with E-state index in [4.69, 9.17) is 16.3 Å². The number of carbonyl (C=O) groups is 1. The highest BCUT2D eigenvalue weighted by molar-refractivity contribution is 6.30. The van der Waals surface area contributed by atoms with Crippen molar-refractivity contribution in [2.45, 2.75) is 52.2 Å². The summed E-state index contributed by atoms with van der Waals surface area (Å²) < 4.78 is 5.66. The summed E-state index contributed by atoms with van der Waals surface area (Å²) >= 11 is 5.85. The molecule has 1 N–H and O–H groups in total. The summed E-state index contributed by atoms with van der Waals surface area (Å²) in [6, 6.07) is 15.3. The molecule has 2 rings (SSSR count). The molecule has 0 aromatic heterocycles.